The van der Waals surface area contributed by atoms with E-state index in [0.29, 0.717) is 0 Å². The van der Waals surface area contributed by atoms with E-state index in [2.05, 4.69) is 53.0 Å². The lowest BCUT2D eigenvalue weighted by Gasteiger charge is -2.16. The van der Waals surface area contributed by atoms with Crippen LogP contribution in [0.4, 0.5) is 0 Å². The van der Waals surface area contributed by atoms with Crippen molar-refractivity contribution >= 4 is 10.8 Å². The summed E-state index contributed by atoms with van der Waals surface area (Å²) in [6, 6.07) is 15.0. The molecule has 4 heteroatoms. The van der Waals surface area contributed by atoms with Crippen LogP contribution in [0, 0.1) is 0 Å². The molecular weight excluding hydrogens is 260 g/mol. The van der Waals surface area contributed by atoms with Gasteiger partial charge in [0.2, 0.25) is 0 Å². The van der Waals surface area contributed by atoms with Crippen molar-refractivity contribution in [3.63, 3.8) is 0 Å². The summed E-state index contributed by atoms with van der Waals surface area (Å²) in [5.41, 5.74) is 5.39. The molecule has 2 aromatic carbocycles. The van der Waals surface area contributed by atoms with Crippen molar-refractivity contribution in [1.82, 2.24) is 15.2 Å². The fraction of sp³-hybridized carbons (Fsp3) is 0.235. The zero-order valence-corrected chi connectivity index (χ0v) is 12.2. The predicted molar refractivity (Wildman–Crippen MR) is 85.5 cm³/mol. The number of benzene rings is 2. The Bertz CT molecular complexity index is 732. The van der Waals surface area contributed by atoms with E-state index >= 15 is 0 Å². The fourth-order valence-corrected chi connectivity index (χ4v) is 2.68. The maximum absolute atomic E-state index is 5.75. The van der Waals surface area contributed by atoms with Crippen molar-refractivity contribution in [1.29, 1.82) is 0 Å². The lowest BCUT2D eigenvalue weighted by molar-refractivity contribution is 0.517. The van der Waals surface area contributed by atoms with Crippen LogP contribution >= 0.6 is 0 Å². The summed E-state index contributed by atoms with van der Waals surface area (Å²) in [4.78, 5) is 0. The van der Waals surface area contributed by atoms with Gasteiger partial charge in [0.25, 0.3) is 0 Å². The molecule has 3 rings (SSSR count). The second-order valence-corrected chi connectivity index (χ2v) is 5.39. The highest BCUT2D eigenvalue weighted by Crippen LogP contribution is 2.23. The molecule has 0 aliphatic rings. The van der Waals surface area contributed by atoms with Crippen LogP contribution in [-0.4, -0.2) is 9.78 Å². The number of hydrazine groups is 1. The molecule has 3 aromatic rings. The molecular formula is C17H20N4. The van der Waals surface area contributed by atoms with E-state index < -0.39 is 0 Å². The van der Waals surface area contributed by atoms with Gasteiger partial charge in [0, 0.05) is 19.3 Å². The fourth-order valence-electron chi connectivity index (χ4n) is 2.68. The first-order chi connectivity index (χ1) is 10.3. The lowest BCUT2D eigenvalue weighted by atomic mass is 9.98. The van der Waals surface area contributed by atoms with Crippen LogP contribution in [0.2, 0.25) is 0 Å². The number of aryl methyl sites for hydroxylation is 2. The average molecular weight is 280 g/mol. The molecule has 0 fully saturated rings. The molecule has 0 bridgehead atoms. The van der Waals surface area contributed by atoms with Crippen LogP contribution in [0.15, 0.2) is 54.9 Å². The molecule has 0 amide bonds. The molecule has 0 spiro atoms. The molecule has 0 aliphatic carbocycles. The van der Waals surface area contributed by atoms with E-state index in [9.17, 15) is 0 Å². The maximum atomic E-state index is 5.75. The Morgan fingerprint density at radius 2 is 2.00 bits per heavy atom. The summed E-state index contributed by atoms with van der Waals surface area (Å²) < 4.78 is 1.83. The quantitative estimate of drug-likeness (QED) is 0.558. The summed E-state index contributed by atoms with van der Waals surface area (Å²) >= 11 is 0. The summed E-state index contributed by atoms with van der Waals surface area (Å²) in [7, 11) is 1.94. The van der Waals surface area contributed by atoms with Crippen molar-refractivity contribution in [3.8, 4) is 0 Å². The Kier molecular flexibility index (Phi) is 3.99. The highest BCUT2D eigenvalue weighted by atomic mass is 15.2. The molecule has 1 aromatic heterocycles. The topological polar surface area (TPSA) is 55.9 Å². The van der Waals surface area contributed by atoms with Crippen LogP contribution in [0.3, 0.4) is 0 Å². The first kappa shape index (κ1) is 13.8. The standard InChI is InChI=1S/C17H20N4/c1-21-12-13(11-19-21)6-9-17(20-18)16-8-7-14-4-2-3-5-15(14)10-16/h2-5,7-8,10-12,17,20H,6,9,18H2,1H3. The van der Waals surface area contributed by atoms with Crippen LogP contribution in [0.5, 0.6) is 0 Å². The van der Waals surface area contributed by atoms with E-state index in [1.807, 2.05) is 24.1 Å². The second-order valence-electron chi connectivity index (χ2n) is 5.39. The zero-order valence-electron chi connectivity index (χ0n) is 12.2. The van der Waals surface area contributed by atoms with Crippen LogP contribution < -0.4 is 11.3 Å². The Morgan fingerprint density at radius 3 is 2.71 bits per heavy atom. The summed E-state index contributed by atoms with van der Waals surface area (Å²) in [5.74, 6) is 5.75. The van der Waals surface area contributed by atoms with E-state index in [1.165, 1.54) is 21.9 Å². The molecule has 1 heterocycles. The number of fused-ring (bicyclic) bond motifs is 1. The smallest absolute Gasteiger partial charge is 0.0521 e. The van der Waals surface area contributed by atoms with Gasteiger partial charge in [0.05, 0.1) is 6.20 Å². The third-order valence-corrected chi connectivity index (χ3v) is 3.86. The number of hydrogen-bond acceptors (Lipinski definition) is 3. The minimum atomic E-state index is 0.148. The molecule has 0 aliphatic heterocycles. The molecule has 0 saturated carbocycles. The van der Waals surface area contributed by atoms with Crippen LogP contribution in [-0.2, 0) is 13.5 Å². The van der Waals surface area contributed by atoms with Gasteiger partial charge in [0.15, 0.2) is 0 Å². The average Bonchev–Trinajstić information content (AvgIpc) is 2.93. The van der Waals surface area contributed by atoms with Gasteiger partial charge < -0.3 is 0 Å². The van der Waals surface area contributed by atoms with Gasteiger partial charge in [-0.3, -0.25) is 16.0 Å². The predicted octanol–water partition coefficient (Wildman–Crippen LogP) is 2.71. The van der Waals surface area contributed by atoms with Gasteiger partial charge in [0.1, 0.15) is 0 Å². The monoisotopic (exact) mass is 280 g/mol. The lowest BCUT2D eigenvalue weighted by Crippen LogP contribution is -2.28. The molecule has 108 valence electrons. The van der Waals surface area contributed by atoms with Crippen molar-refractivity contribution in [3.05, 3.63) is 66.0 Å². The largest absolute Gasteiger partial charge is 0.276 e. The molecule has 4 nitrogen and oxygen atoms in total. The Labute approximate surface area is 124 Å². The second kappa shape index (κ2) is 6.08. The van der Waals surface area contributed by atoms with Crippen molar-refractivity contribution in [2.45, 2.75) is 18.9 Å². The third-order valence-electron chi connectivity index (χ3n) is 3.86. The molecule has 1 atom stereocenters. The normalized spacial score (nSPS) is 12.7. The van der Waals surface area contributed by atoms with Gasteiger partial charge in [-0.25, -0.2) is 0 Å². The molecule has 0 saturated heterocycles. The highest BCUT2D eigenvalue weighted by molar-refractivity contribution is 5.83. The van der Waals surface area contributed by atoms with Crippen molar-refractivity contribution < 1.29 is 0 Å². The molecule has 21 heavy (non-hydrogen) atoms. The Morgan fingerprint density at radius 1 is 1.19 bits per heavy atom. The van der Waals surface area contributed by atoms with Crippen molar-refractivity contribution in [2.75, 3.05) is 0 Å². The SMILES string of the molecule is Cn1cc(CCC(NN)c2ccc3ccccc3c2)cn1. The third kappa shape index (κ3) is 3.12. The summed E-state index contributed by atoms with van der Waals surface area (Å²) in [6.45, 7) is 0. The Hall–Kier alpha value is -2.17. The van der Waals surface area contributed by atoms with E-state index in [1.54, 1.807) is 0 Å². The molecule has 1 unspecified atom stereocenters. The minimum absolute atomic E-state index is 0.148. The first-order valence-corrected chi connectivity index (χ1v) is 7.18. The van der Waals surface area contributed by atoms with E-state index in [-0.39, 0.29) is 6.04 Å². The minimum Gasteiger partial charge on any atom is -0.276 e. The first-order valence-electron chi connectivity index (χ1n) is 7.18. The summed E-state index contributed by atoms with van der Waals surface area (Å²) in [6.07, 6.45) is 5.86. The number of rotatable bonds is 5. The van der Waals surface area contributed by atoms with Gasteiger partial charge >= 0.3 is 0 Å². The number of nitrogens with one attached hydrogen (secondary N) is 1. The summed E-state index contributed by atoms with van der Waals surface area (Å²) in [5, 5.41) is 6.70. The van der Waals surface area contributed by atoms with E-state index in [4.69, 9.17) is 5.84 Å². The van der Waals surface area contributed by atoms with Gasteiger partial charge in [-0.2, -0.15) is 5.10 Å². The molecule has 3 N–H and O–H groups in total. The number of nitrogens with two attached hydrogens (primary N) is 1. The van der Waals surface area contributed by atoms with Crippen LogP contribution in [0.25, 0.3) is 10.8 Å². The van der Waals surface area contributed by atoms with Gasteiger partial charge in [-0.1, -0.05) is 36.4 Å². The molecule has 0 radical (unpaired) electrons. The number of nitrogens with zero attached hydrogens (tertiary/aromatic N) is 2. The van der Waals surface area contributed by atoms with Gasteiger partial charge in [-0.15, -0.1) is 0 Å². The van der Waals surface area contributed by atoms with E-state index in [0.717, 1.165) is 12.8 Å². The van der Waals surface area contributed by atoms with Crippen molar-refractivity contribution in [2.24, 2.45) is 12.9 Å². The maximum Gasteiger partial charge on any atom is 0.0521 e. The zero-order chi connectivity index (χ0) is 14.7. The number of aromatic nitrogens is 2. The van der Waals surface area contributed by atoms with Crippen LogP contribution in [0.1, 0.15) is 23.6 Å². The van der Waals surface area contributed by atoms with Gasteiger partial charge in [-0.05, 0) is 40.8 Å². The number of hydrogen-bond donors (Lipinski definition) is 2. The Balaban J connectivity index is 1.77. The highest BCUT2D eigenvalue weighted by Gasteiger charge is 2.11.